The van der Waals surface area contributed by atoms with Gasteiger partial charge < -0.3 is 4.74 Å². The zero-order valence-electron chi connectivity index (χ0n) is 8.25. The highest BCUT2D eigenvalue weighted by atomic mass is 79.9. The van der Waals surface area contributed by atoms with E-state index in [1.807, 2.05) is 0 Å². The third kappa shape index (κ3) is 2.89. The molecule has 17 heavy (non-hydrogen) atoms. The summed E-state index contributed by atoms with van der Waals surface area (Å²) in [6.45, 7) is 0. The van der Waals surface area contributed by atoms with Crippen LogP contribution in [0.4, 0.5) is 4.39 Å². The van der Waals surface area contributed by atoms with Crippen LogP contribution in [0.25, 0.3) is 0 Å². The highest BCUT2D eigenvalue weighted by Crippen LogP contribution is 2.34. The first-order valence-electron chi connectivity index (χ1n) is 4.51. The van der Waals surface area contributed by atoms with E-state index in [1.165, 1.54) is 12.3 Å². The minimum absolute atomic E-state index is 0.155. The van der Waals surface area contributed by atoms with Gasteiger partial charge in [0.05, 0.1) is 5.02 Å². The summed E-state index contributed by atoms with van der Waals surface area (Å²) in [5.41, 5.74) is 0. The molecule has 0 atom stereocenters. The lowest BCUT2D eigenvalue weighted by Crippen LogP contribution is -1.92. The zero-order chi connectivity index (χ0) is 12.4. The summed E-state index contributed by atoms with van der Waals surface area (Å²) in [6.07, 6.45) is 1.43. The highest BCUT2D eigenvalue weighted by molar-refractivity contribution is 9.10. The van der Waals surface area contributed by atoms with Gasteiger partial charge in [0.2, 0.25) is 0 Å². The Bertz CT molecular complexity index is 565. The van der Waals surface area contributed by atoms with Gasteiger partial charge in [-0.15, -0.1) is 0 Å². The van der Waals surface area contributed by atoms with Gasteiger partial charge in [-0.25, -0.2) is 9.37 Å². The van der Waals surface area contributed by atoms with E-state index in [9.17, 15) is 4.39 Å². The molecular formula is C11H5BrCl2FNO. The fraction of sp³-hybridized carbons (Fsp3) is 0. The van der Waals surface area contributed by atoms with E-state index < -0.39 is 5.82 Å². The minimum atomic E-state index is -0.588. The number of pyridine rings is 1. The summed E-state index contributed by atoms with van der Waals surface area (Å²) in [5, 5.41) is 0.556. The quantitative estimate of drug-likeness (QED) is 0.762. The van der Waals surface area contributed by atoms with Crippen LogP contribution in [-0.4, -0.2) is 4.98 Å². The SMILES string of the molecule is Fc1cc(Br)cnc1Oc1cccc(Cl)c1Cl. The molecule has 0 fully saturated rings. The molecule has 0 unspecified atom stereocenters. The van der Waals surface area contributed by atoms with Crippen molar-refractivity contribution in [1.82, 2.24) is 4.98 Å². The zero-order valence-corrected chi connectivity index (χ0v) is 11.4. The molecule has 2 rings (SSSR count). The van der Waals surface area contributed by atoms with Crippen molar-refractivity contribution in [2.24, 2.45) is 0 Å². The van der Waals surface area contributed by atoms with Crippen LogP contribution in [0, 0.1) is 5.82 Å². The maximum atomic E-state index is 13.5. The molecule has 0 saturated carbocycles. The summed E-state index contributed by atoms with van der Waals surface area (Å²) in [6, 6.07) is 6.10. The Morgan fingerprint density at radius 2 is 2.06 bits per heavy atom. The first kappa shape index (κ1) is 12.6. The van der Waals surface area contributed by atoms with E-state index in [0.29, 0.717) is 9.50 Å². The molecule has 0 aliphatic rings. The summed E-state index contributed by atoms with van der Waals surface area (Å²) in [7, 11) is 0. The Labute approximate surface area is 115 Å². The lowest BCUT2D eigenvalue weighted by molar-refractivity contribution is 0.422. The Morgan fingerprint density at radius 3 is 2.76 bits per heavy atom. The molecule has 88 valence electrons. The maximum absolute atomic E-state index is 13.5. The van der Waals surface area contributed by atoms with Crippen LogP contribution in [0.15, 0.2) is 34.9 Å². The van der Waals surface area contributed by atoms with Gasteiger partial charge in [-0.1, -0.05) is 29.3 Å². The van der Waals surface area contributed by atoms with Crippen molar-refractivity contribution in [3.8, 4) is 11.6 Å². The van der Waals surface area contributed by atoms with Crippen LogP contribution in [-0.2, 0) is 0 Å². The summed E-state index contributed by atoms with van der Waals surface area (Å²) < 4.78 is 19.3. The molecule has 0 aliphatic heterocycles. The van der Waals surface area contributed by atoms with Gasteiger partial charge in [-0.2, -0.15) is 0 Å². The molecule has 0 bridgehead atoms. The monoisotopic (exact) mass is 335 g/mol. The highest BCUT2D eigenvalue weighted by Gasteiger charge is 2.11. The molecule has 2 aromatic rings. The molecule has 0 N–H and O–H groups in total. The van der Waals surface area contributed by atoms with Gasteiger partial charge in [0.25, 0.3) is 5.88 Å². The van der Waals surface area contributed by atoms with Crippen LogP contribution in [0.5, 0.6) is 11.6 Å². The normalized spacial score (nSPS) is 10.4. The molecular weight excluding hydrogens is 332 g/mol. The molecule has 0 aliphatic carbocycles. The van der Waals surface area contributed by atoms with Crippen LogP contribution in [0.1, 0.15) is 0 Å². The van der Waals surface area contributed by atoms with Crippen molar-refractivity contribution in [3.05, 3.63) is 50.8 Å². The molecule has 6 heteroatoms. The Kier molecular flexibility index (Phi) is 3.86. The predicted octanol–water partition coefficient (Wildman–Crippen LogP) is 5.08. The number of benzene rings is 1. The van der Waals surface area contributed by atoms with Crippen LogP contribution in [0.2, 0.25) is 10.0 Å². The first-order chi connectivity index (χ1) is 8.08. The van der Waals surface area contributed by atoms with E-state index in [2.05, 4.69) is 20.9 Å². The number of ether oxygens (including phenoxy) is 1. The number of aromatic nitrogens is 1. The van der Waals surface area contributed by atoms with Gasteiger partial charge in [0.15, 0.2) is 5.82 Å². The minimum Gasteiger partial charge on any atom is -0.435 e. The Morgan fingerprint density at radius 1 is 1.29 bits per heavy atom. The average Bonchev–Trinajstić information content (AvgIpc) is 2.28. The Hall–Kier alpha value is -0.840. The average molecular weight is 337 g/mol. The van der Waals surface area contributed by atoms with E-state index in [0.717, 1.165) is 0 Å². The van der Waals surface area contributed by atoms with Crippen molar-refractivity contribution in [1.29, 1.82) is 0 Å². The van der Waals surface area contributed by atoms with Crippen molar-refractivity contribution in [3.63, 3.8) is 0 Å². The predicted molar refractivity (Wildman–Crippen MR) is 68.4 cm³/mol. The second-order valence-electron chi connectivity index (χ2n) is 3.09. The molecule has 0 amide bonds. The van der Waals surface area contributed by atoms with Crippen molar-refractivity contribution < 1.29 is 9.13 Å². The van der Waals surface area contributed by atoms with Crippen molar-refractivity contribution >= 4 is 39.1 Å². The molecule has 0 saturated heterocycles. The maximum Gasteiger partial charge on any atom is 0.255 e. The molecule has 1 aromatic carbocycles. The first-order valence-corrected chi connectivity index (χ1v) is 6.05. The summed E-state index contributed by atoms with van der Waals surface area (Å²) in [5.74, 6) is -0.485. The molecule has 0 radical (unpaired) electrons. The molecule has 1 aromatic heterocycles. The third-order valence-electron chi connectivity index (χ3n) is 1.90. The smallest absolute Gasteiger partial charge is 0.255 e. The molecule has 0 spiro atoms. The van der Waals surface area contributed by atoms with E-state index in [-0.39, 0.29) is 16.7 Å². The van der Waals surface area contributed by atoms with E-state index >= 15 is 0 Å². The van der Waals surface area contributed by atoms with Gasteiger partial charge in [-0.3, -0.25) is 0 Å². The summed E-state index contributed by atoms with van der Waals surface area (Å²) >= 11 is 14.8. The second kappa shape index (κ2) is 5.21. The van der Waals surface area contributed by atoms with Gasteiger partial charge in [-0.05, 0) is 34.1 Å². The van der Waals surface area contributed by atoms with Crippen molar-refractivity contribution in [2.45, 2.75) is 0 Å². The lowest BCUT2D eigenvalue weighted by atomic mass is 10.3. The van der Waals surface area contributed by atoms with E-state index in [1.54, 1.807) is 18.2 Å². The van der Waals surface area contributed by atoms with E-state index in [4.69, 9.17) is 27.9 Å². The second-order valence-corrected chi connectivity index (χ2v) is 4.80. The Balaban J connectivity index is 2.35. The van der Waals surface area contributed by atoms with Gasteiger partial charge in [0, 0.05) is 10.7 Å². The van der Waals surface area contributed by atoms with Crippen LogP contribution < -0.4 is 4.74 Å². The number of halogens is 4. The topological polar surface area (TPSA) is 22.1 Å². The standard InChI is InChI=1S/C11H5BrCl2FNO/c12-6-4-8(15)11(16-5-6)17-9-3-1-2-7(13)10(9)14/h1-5H. The van der Waals surface area contributed by atoms with Crippen molar-refractivity contribution in [2.75, 3.05) is 0 Å². The van der Waals surface area contributed by atoms with Gasteiger partial charge in [0.1, 0.15) is 10.8 Å². The fourth-order valence-corrected chi connectivity index (χ4v) is 1.78. The number of hydrogen-bond donors (Lipinski definition) is 0. The van der Waals surface area contributed by atoms with Crippen LogP contribution >= 0.6 is 39.1 Å². The summed E-state index contributed by atoms with van der Waals surface area (Å²) in [4.78, 5) is 3.80. The van der Waals surface area contributed by atoms with Crippen LogP contribution in [0.3, 0.4) is 0 Å². The number of rotatable bonds is 2. The number of hydrogen-bond acceptors (Lipinski definition) is 2. The largest absolute Gasteiger partial charge is 0.435 e. The third-order valence-corrected chi connectivity index (χ3v) is 3.13. The molecule has 2 nitrogen and oxygen atoms in total. The molecule has 1 heterocycles. The number of nitrogens with zero attached hydrogens (tertiary/aromatic N) is 1. The van der Waals surface area contributed by atoms with Gasteiger partial charge >= 0.3 is 0 Å². The lowest BCUT2D eigenvalue weighted by Gasteiger charge is -2.08. The fourth-order valence-electron chi connectivity index (χ4n) is 1.14.